The molecule has 0 aliphatic heterocycles. The molecule has 0 spiro atoms. The van der Waals surface area contributed by atoms with E-state index in [1.807, 2.05) is 6.20 Å². The Morgan fingerprint density at radius 1 is 0.781 bits per heavy atom. The fourth-order valence-electron chi connectivity index (χ4n) is 4.72. The molecule has 0 bridgehead atoms. The molecule has 160 valence electrons. The summed E-state index contributed by atoms with van der Waals surface area (Å²) in [7, 11) is 0. The van der Waals surface area contributed by atoms with Gasteiger partial charge in [0.1, 0.15) is 11.2 Å². The predicted molar refractivity (Wildman–Crippen MR) is 135 cm³/mol. The fourth-order valence-corrected chi connectivity index (χ4v) is 4.72. The van der Waals surface area contributed by atoms with Crippen molar-refractivity contribution in [2.45, 2.75) is 47.0 Å². The Morgan fingerprint density at radius 2 is 1.53 bits per heavy atom. The second kappa shape index (κ2) is 7.34. The van der Waals surface area contributed by atoms with Crippen LogP contribution in [0.1, 0.15) is 43.0 Å². The molecule has 2 heterocycles. The first kappa shape index (κ1) is 20.5. The van der Waals surface area contributed by atoms with Crippen molar-refractivity contribution in [3.63, 3.8) is 0 Å². The van der Waals surface area contributed by atoms with E-state index in [0.717, 1.165) is 27.8 Å². The van der Waals surface area contributed by atoms with E-state index in [1.54, 1.807) is 0 Å². The second-order valence-corrected chi connectivity index (χ2v) is 9.89. The number of furan rings is 1. The Kier molecular flexibility index (Phi) is 4.70. The van der Waals surface area contributed by atoms with E-state index in [4.69, 9.17) is 9.40 Å². The van der Waals surface area contributed by atoms with Crippen molar-refractivity contribution in [3.05, 3.63) is 89.1 Å². The van der Waals surface area contributed by atoms with Crippen LogP contribution in [0.25, 0.3) is 44.3 Å². The van der Waals surface area contributed by atoms with Gasteiger partial charge in [-0.2, -0.15) is 0 Å². The quantitative estimate of drug-likeness (QED) is 0.286. The second-order valence-electron chi connectivity index (χ2n) is 9.89. The Bertz CT molecular complexity index is 1460. The van der Waals surface area contributed by atoms with Gasteiger partial charge in [-0.05, 0) is 89.9 Å². The van der Waals surface area contributed by atoms with Gasteiger partial charge in [-0.25, -0.2) is 0 Å². The van der Waals surface area contributed by atoms with Gasteiger partial charge in [-0.1, -0.05) is 51.1 Å². The summed E-state index contributed by atoms with van der Waals surface area (Å²) >= 11 is 0. The third-order valence-corrected chi connectivity index (χ3v) is 6.50. The molecule has 0 unspecified atom stereocenters. The molecule has 0 amide bonds. The Hall–Kier alpha value is -3.39. The Balaban J connectivity index is 1.75. The van der Waals surface area contributed by atoms with Crippen molar-refractivity contribution in [3.8, 4) is 22.4 Å². The number of benzene rings is 3. The molecule has 32 heavy (non-hydrogen) atoms. The maximum absolute atomic E-state index is 6.55. The maximum Gasteiger partial charge on any atom is 0.145 e. The highest BCUT2D eigenvalue weighted by Gasteiger charge is 2.19. The molecule has 0 atom stereocenters. The summed E-state index contributed by atoms with van der Waals surface area (Å²) in [5, 5.41) is 2.33. The van der Waals surface area contributed by atoms with E-state index < -0.39 is 0 Å². The molecular formula is C30H29NO. The van der Waals surface area contributed by atoms with Crippen LogP contribution in [0, 0.1) is 20.8 Å². The first-order valence-electron chi connectivity index (χ1n) is 11.2. The summed E-state index contributed by atoms with van der Waals surface area (Å²) in [5.41, 5.74) is 11.4. The van der Waals surface area contributed by atoms with Crippen molar-refractivity contribution < 1.29 is 4.42 Å². The highest BCUT2D eigenvalue weighted by Crippen LogP contribution is 2.40. The van der Waals surface area contributed by atoms with Gasteiger partial charge < -0.3 is 4.42 Å². The number of hydrogen-bond donors (Lipinski definition) is 0. The molecule has 0 radical (unpaired) electrons. The predicted octanol–water partition coefficient (Wildman–Crippen LogP) is 8.54. The van der Waals surface area contributed by atoms with Gasteiger partial charge in [0.15, 0.2) is 0 Å². The van der Waals surface area contributed by atoms with Crippen LogP contribution in [0.4, 0.5) is 0 Å². The van der Waals surface area contributed by atoms with Gasteiger partial charge >= 0.3 is 0 Å². The van der Waals surface area contributed by atoms with Crippen LogP contribution in [0.5, 0.6) is 0 Å². The minimum atomic E-state index is 0.0652. The van der Waals surface area contributed by atoms with Crippen molar-refractivity contribution in [2.75, 3.05) is 0 Å². The van der Waals surface area contributed by atoms with E-state index >= 15 is 0 Å². The van der Waals surface area contributed by atoms with Gasteiger partial charge in [0.25, 0.3) is 0 Å². The van der Waals surface area contributed by atoms with Crippen LogP contribution < -0.4 is 0 Å². The first-order chi connectivity index (χ1) is 15.2. The van der Waals surface area contributed by atoms with Gasteiger partial charge in [0.2, 0.25) is 0 Å². The van der Waals surface area contributed by atoms with E-state index in [1.165, 1.54) is 38.8 Å². The zero-order valence-electron chi connectivity index (χ0n) is 19.7. The lowest BCUT2D eigenvalue weighted by Gasteiger charge is -2.19. The van der Waals surface area contributed by atoms with E-state index in [2.05, 4.69) is 102 Å². The van der Waals surface area contributed by atoms with Gasteiger partial charge in [-0.15, -0.1) is 0 Å². The zero-order chi connectivity index (χ0) is 22.6. The van der Waals surface area contributed by atoms with Crippen molar-refractivity contribution >= 4 is 21.9 Å². The maximum atomic E-state index is 6.55. The van der Waals surface area contributed by atoms with Crippen LogP contribution in [0.15, 0.2) is 71.3 Å². The molecule has 5 aromatic rings. The molecular weight excluding hydrogens is 390 g/mol. The molecule has 0 saturated carbocycles. The summed E-state index contributed by atoms with van der Waals surface area (Å²) in [5.74, 6) is 0. The van der Waals surface area contributed by atoms with Crippen LogP contribution >= 0.6 is 0 Å². The van der Waals surface area contributed by atoms with Gasteiger partial charge in [0, 0.05) is 22.5 Å². The molecule has 5 rings (SSSR count). The number of rotatable bonds is 2. The van der Waals surface area contributed by atoms with E-state index in [9.17, 15) is 0 Å². The molecule has 2 aromatic heterocycles. The summed E-state index contributed by atoms with van der Waals surface area (Å²) < 4.78 is 6.55. The van der Waals surface area contributed by atoms with Crippen LogP contribution in [-0.4, -0.2) is 4.98 Å². The molecule has 0 aliphatic rings. The SMILES string of the molecule is Cc1cccc(C)c1-c1ccc2c(c1)oc1c(-c3cc(C(C)(C)C)ccn3)ccc(C)c12. The van der Waals surface area contributed by atoms with Crippen molar-refractivity contribution in [1.29, 1.82) is 0 Å². The minimum Gasteiger partial charge on any atom is -0.455 e. The van der Waals surface area contributed by atoms with Crippen molar-refractivity contribution in [1.82, 2.24) is 4.98 Å². The standard InChI is InChI=1S/C30H29NO/c1-18-8-7-9-19(2)27(18)21-11-13-24-26(16-21)32-29-23(12-10-20(3)28(24)29)25-17-22(14-15-31-25)30(4,5)6/h7-17H,1-6H3. The fraction of sp³-hybridized carbons (Fsp3) is 0.233. The smallest absolute Gasteiger partial charge is 0.145 e. The number of aryl methyl sites for hydroxylation is 3. The summed E-state index contributed by atoms with van der Waals surface area (Å²) in [6.45, 7) is 13.2. The topological polar surface area (TPSA) is 26.0 Å². The Morgan fingerprint density at radius 3 is 2.25 bits per heavy atom. The summed E-state index contributed by atoms with van der Waals surface area (Å²) in [6, 6.07) is 21.7. The molecule has 2 heteroatoms. The molecule has 3 aromatic carbocycles. The monoisotopic (exact) mass is 419 g/mol. The van der Waals surface area contributed by atoms with Crippen LogP contribution in [0.2, 0.25) is 0 Å². The van der Waals surface area contributed by atoms with E-state index in [-0.39, 0.29) is 5.41 Å². The molecule has 0 N–H and O–H groups in total. The number of aromatic nitrogens is 1. The average molecular weight is 420 g/mol. The van der Waals surface area contributed by atoms with E-state index in [0.29, 0.717) is 0 Å². The van der Waals surface area contributed by atoms with Crippen LogP contribution in [-0.2, 0) is 5.41 Å². The number of pyridine rings is 1. The lowest BCUT2D eigenvalue weighted by atomic mass is 9.87. The Labute approximate surface area is 189 Å². The molecule has 0 saturated heterocycles. The number of fused-ring (bicyclic) bond motifs is 3. The highest BCUT2D eigenvalue weighted by molar-refractivity contribution is 6.11. The van der Waals surface area contributed by atoms with Crippen molar-refractivity contribution in [2.24, 2.45) is 0 Å². The minimum absolute atomic E-state index is 0.0652. The normalized spacial score (nSPS) is 12.1. The third-order valence-electron chi connectivity index (χ3n) is 6.50. The summed E-state index contributed by atoms with van der Waals surface area (Å²) in [6.07, 6.45) is 1.91. The van der Waals surface area contributed by atoms with Gasteiger partial charge in [0.05, 0.1) is 5.69 Å². The summed E-state index contributed by atoms with van der Waals surface area (Å²) in [4.78, 5) is 4.70. The molecule has 0 aliphatic carbocycles. The first-order valence-corrected chi connectivity index (χ1v) is 11.2. The van der Waals surface area contributed by atoms with Gasteiger partial charge in [-0.3, -0.25) is 4.98 Å². The third kappa shape index (κ3) is 3.31. The number of hydrogen-bond acceptors (Lipinski definition) is 2. The largest absolute Gasteiger partial charge is 0.455 e. The zero-order valence-corrected chi connectivity index (χ0v) is 19.7. The molecule has 2 nitrogen and oxygen atoms in total. The lowest BCUT2D eigenvalue weighted by Crippen LogP contribution is -2.11. The lowest BCUT2D eigenvalue weighted by molar-refractivity contribution is 0.589. The number of nitrogens with zero attached hydrogens (tertiary/aromatic N) is 1. The average Bonchev–Trinajstić information content (AvgIpc) is 3.13. The molecule has 0 fully saturated rings. The van der Waals surface area contributed by atoms with Crippen LogP contribution in [0.3, 0.4) is 0 Å². The highest BCUT2D eigenvalue weighted by atomic mass is 16.3.